The molecule has 168 valence electrons. The molecule has 11 nitrogen and oxygen atoms in total. The van der Waals surface area contributed by atoms with E-state index in [2.05, 4.69) is 10.0 Å². The minimum atomic E-state index is -4.17. The van der Waals surface area contributed by atoms with Crippen LogP contribution < -0.4 is 10.0 Å². The molecule has 2 N–H and O–H groups in total. The molecule has 0 aliphatic heterocycles. The second-order valence-electron chi connectivity index (χ2n) is 7.88. The molecule has 1 aromatic rings. The molecule has 0 heterocycles. The highest BCUT2D eigenvalue weighted by atomic mass is 32.2. The maximum Gasteiger partial charge on any atom is 0.407 e. The van der Waals surface area contributed by atoms with Crippen molar-refractivity contribution in [1.82, 2.24) is 10.0 Å². The predicted octanol–water partition coefficient (Wildman–Crippen LogP) is 1.92. The Kier molecular flexibility index (Phi) is 7.75. The molecule has 0 bridgehead atoms. The molecular weight excluding hydrogens is 418 g/mol. The molecule has 1 aliphatic carbocycles. The van der Waals surface area contributed by atoms with Crippen LogP contribution in [0.3, 0.4) is 0 Å². The van der Waals surface area contributed by atoms with Crippen LogP contribution in [0, 0.1) is 10.1 Å². The van der Waals surface area contributed by atoms with Crippen molar-refractivity contribution in [1.29, 1.82) is 0 Å². The second-order valence-corrected chi connectivity index (χ2v) is 9.56. The number of carbonyl (C=O) groups excluding carboxylic acids is 1. The fourth-order valence-electron chi connectivity index (χ4n) is 3.16. The first kappa shape index (κ1) is 24.0. The van der Waals surface area contributed by atoms with Gasteiger partial charge in [0.1, 0.15) is 12.4 Å². The largest absolute Gasteiger partial charge is 0.444 e. The number of benzene rings is 1. The zero-order valence-corrected chi connectivity index (χ0v) is 18.1. The third-order valence-electron chi connectivity index (χ3n) is 4.28. The number of amides is 1. The Labute approximate surface area is 175 Å². The number of carbonyl (C=O) groups is 1. The molecular formula is C18H27N3O8S. The Morgan fingerprint density at radius 1 is 1.27 bits per heavy atom. The number of sulfonamides is 1. The summed E-state index contributed by atoms with van der Waals surface area (Å²) in [5.41, 5.74) is -1.21. The average Bonchev–Trinajstić information content (AvgIpc) is 2.98. The molecule has 1 amide bonds. The number of para-hydroxylation sites is 1. The van der Waals surface area contributed by atoms with Gasteiger partial charge < -0.3 is 19.5 Å². The molecule has 2 rings (SSSR count). The fourth-order valence-corrected chi connectivity index (χ4v) is 4.60. The number of nitrogens with zero attached hydrogens (tertiary/aromatic N) is 1. The van der Waals surface area contributed by atoms with E-state index in [4.69, 9.17) is 14.2 Å². The number of alkyl carbamates (subject to hydrolysis) is 1. The molecule has 1 aromatic carbocycles. The van der Waals surface area contributed by atoms with Crippen molar-refractivity contribution in [3.05, 3.63) is 34.4 Å². The molecule has 1 fully saturated rings. The summed E-state index contributed by atoms with van der Waals surface area (Å²) in [5, 5.41) is 13.9. The summed E-state index contributed by atoms with van der Waals surface area (Å²) < 4.78 is 43.7. The summed E-state index contributed by atoms with van der Waals surface area (Å²) in [6.07, 6.45) is -0.728. The van der Waals surface area contributed by atoms with E-state index in [1.807, 2.05) is 0 Å². The van der Waals surface area contributed by atoms with Gasteiger partial charge in [0.05, 0.1) is 17.1 Å². The minimum Gasteiger partial charge on any atom is -0.444 e. The maximum atomic E-state index is 12.8. The third-order valence-corrected chi connectivity index (χ3v) is 5.85. The molecule has 0 saturated heterocycles. The van der Waals surface area contributed by atoms with Crippen molar-refractivity contribution < 1.29 is 32.3 Å². The van der Waals surface area contributed by atoms with Gasteiger partial charge >= 0.3 is 6.09 Å². The van der Waals surface area contributed by atoms with Crippen LogP contribution in [0.5, 0.6) is 0 Å². The Hall–Kier alpha value is -2.28. The van der Waals surface area contributed by atoms with Crippen molar-refractivity contribution in [3.63, 3.8) is 0 Å². The standard InChI is InChI=1S/C18H27N3O8S/c1-18(2,3)29-17(22)19-13-9-12(10-15(13)28-11-27-4)20-30(25,26)16-8-6-5-7-14(16)21(23)24/h5-8,12-13,15,20H,9-11H2,1-4H3,(H,19,22)/t12-,13+,15+/m0/s1. The van der Waals surface area contributed by atoms with Crippen LogP contribution in [0.2, 0.25) is 0 Å². The van der Waals surface area contributed by atoms with Crippen LogP contribution in [0.4, 0.5) is 10.5 Å². The van der Waals surface area contributed by atoms with Crippen molar-refractivity contribution in [2.45, 2.75) is 62.3 Å². The van der Waals surface area contributed by atoms with Crippen LogP contribution in [-0.2, 0) is 24.2 Å². The molecule has 1 aliphatic rings. The van der Waals surface area contributed by atoms with Crippen LogP contribution in [0.25, 0.3) is 0 Å². The van der Waals surface area contributed by atoms with E-state index in [-0.39, 0.29) is 19.6 Å². The highest BCUT2D eigenvalue weighted by Gasteiger charge is 2.39. The van der Waals surface area contributed by atoms with Gasteiger partial charge in [0.15, 0.2) is 4.90 Å². The number of methoxy groups -OCH3 is 1. The van der Waals surface area contributed by atoms with E-state index in [9.17, 15) is 23.3 Å². The van der Waals surface area contributed by atoms with E-state index < -0.39 is 55.4 Å². The maximum absolute atomic E-state index is 12.8. The van der Waals surface area contributed by atoms with Crippen molar-refractivity contribution >= 4 is 21.8 Å². The lowest BCUT2D eigenvalue weighted by atomic mass is 10.2. The molecule has 3 atom stereocenters. The number of nitrogens with one attached hydrogen (secondary N) is 2. The van der Waals surface area contributed by atoms with Gasteiger partial charge in [0, 0.05) is 19.2 Å². The Bertz CT molecular complexity index is 868. The normalized spacial score (nSPS) is 21.9. The van der Waals surface area contributed by atoms with Crippen molar-refractivity contribution in [3.8, 4) is 0 Å². The first-order valence-corrected chi connectivity index (χ1v) is 10.8. The first-order valence-electron chi connectivity index (χ1n) is 9.29. The number of hydrogen-bond donors (Lipinski definition) is 2. The average molecular weight is 445 g/mol. The van der Waals surface area contributed by atoms with Gasteiger partial charge in [-0.3, -0.25) is 10.1 Å². The fraction of sp³-hybridized carbons (Fsp3) is 0.611. The molecule has 0 aromatic heterocycles. The van der Waals surface area contributed by atoms with Crippen LogP contribution >= 0.6 is 0 Å². The minimum absolute atomic E-state index is 0.0409. The van der Waals surface area contributed by atoms with E-state index in [1.165, 1.54) is 25.3 Å². The van der Waals surface area contributed by atoms with E-state index in [0.29, 0.717) is 0 Å². The topological polar surface area (TPSA) is 146 Å². The van der Waals surface area contributed by atoms with Gasteiger partial charge in [0.2, 0.25) is 10.0 Å². The summed E-state index contributed by atoms with van der Waals surface area (Å²) >= 11 is 0. The summed E-state index contributed by atoms with van der Waals surface area (Å²) in [6, 6.07) is 3.95. The summed E-state index contributed by atoms with van der Waals surface area (Å²) in [7, 11) is -2.72. The number of nitro benzene ring substituents is 1. The van der Waals surface area contributed by atoms with Crippen LogP contribution in [0.1, 0.15) is 33.6 Å². The summed E-state index contributed by atoms with van der Waals surface area (Å²) in [6.45, 7) is 5.14. The smallest absolute Gasteiger partial charge is 0.407 e. The van der Waals surface area contributed by atoms with Gasteiger partial charge in [-0.2, -0.15) is 0 Å². The second kappa shape index (κ2) is 9.69. The SMILES string of the molecule is COCO[C@@H]1C[C@@H](NS(=O)(=O)c2ccccc2[N+](=O)[O-])C[C@H]1NC(=O)OC(C)(C)C. The molecule has 30 heavy (non-hydrogen) atoms. The monoisotopic (exact) mass is 445 g/mol. The molecule has 1 saturated carbocycles. The van der Waals surface area contributed by atoms with Crippen LogP contribution in [-0.4, -0.2) is 57.1 Å². The Morgan fingerprint density at radius 2 is 1.93 bits per heavy atom. The third kappa shape index (κ3) is 6.62. The zero-order chi connectivity index (χ0) is 22.5. The molecule has 12 heteroatoms. The lowest BCUT2D eigenvalue weighted by molar-refractivity contribution is -0.387. The lowest BCUT2D eigenvalue weighted by Gasteiger charge is -2.24. The lowest BCUT2D eigenvalue weighted by Crippen LogP contribution is -2.44. The molecule has 0 spiro atoms. The molecule has 0 unspecified atom stereocenters. The van der Waals surface area contributed by atoms with E-state index >= 15 is 0 Å². The van der Waals surface area contributed by atoms with Crippen molar-refractivity contribution in [2.24, 2.45) is 0 Å². The zero-order valence-electron chi connectivity index (χ0n) is 17.3. The van der Waals surface area contributed by atoms with Crippen LogP contribution in [0.15, 0.2) is 29.2 Å². The number of ether oxygens (including phenoxy) is 3. The van der Waals surface area contributed by atoms with E-state index in [1.54, 1.807) is 20.8 Å². The highest BCUT2D eigenvalue weighted by Crippen LogP contribution is 2.28. The highest BCUT2D eigenvalue weighted by molar-refractivity contribution is 7.89. The number of nitro groups is 1. The number of rotatable bonds is 8. The Morgan fingerprint density at radius 3 is 2.53 bits per heavy atom. The van der Waals surface area contributed by atoms with Gasteiger partial charge in [-0.15, -0.1) is 0 Å². The van der Waals surface area contributed by atoms with Gasteiger partial charge in [-0.1, -0.05) is 12.1 Å². The quantitative estimate of drug-likeness (QED) is 0.350. The number of hydrogen-bond acceptors (Lipinski definition) is 8. The first-order chi connectivity index (χ1) is 13.9. The van der Waals surface area contributed by atoms with Gasteiger partial charge in [-0.05, 0) is 39.7 Å². The predicted molar refractivity (Wildman–Crippen MR) is 106 cm³/mol. The Balaban J connectivity index is 2.14. The summed E-state index contributed by atoms with van der Waals surface area (Å²) in [5.74, 6) is 0. The van der Waals surface area contributed by atoms with E-state index in [0.717, 1.165) is 6.07 Å². The summed E-state index contributed by atoms with van der Waals surface area (Å²) in [4.78, 5) is 22.1. The van der Waals surface area contributed by atoms with Crippen molar-refractivity contribution in [2.75, 3.05) is 13.9 Å². The van der Waals surface area contributed by atoms with Gasteiger partial charge in [0.25, 0.3) is 5.69 Å². The van der Waals surface area contributed by atoms with Gasteiger partial charge in [-0.25, -0.2) is 17.9 Å². The molecule has 0 radical (unpaired) electrons.